The van der Waals surface area contributed by atoms with Crippen molar-refractivity contribution in [3.63, 3.8) is 0 Å². The lowest BCUT2D eigenvalue weighted by Gasteiger charge is -2.22. The summed E-state index contributed by atoms with van der Waals surface area (Å²) in [6, 6.07) is 0. The van der Waals surface area contributed by atoms with Gasteiger partial charge in [-0.05, 0) is 12.8 Å². The van der Waals surface area contributed by atoms with E-state index < -0.39 is 0 Å². The Labute approximate surface area is 88.3 Å². The summed E-state index contributed by atoms with van der Waals surface area (Å²) >= 11 is 4.53. The molecule has 0 aromatic rings. The van der Waals surface area contributed by atoms with Crippen molar-refractivity contribution in [3.05, 3.63) is 0 Å². The van der Waals surface area contributed by atoms with Crippen LogP contribution < -0.4 is 0 Å². The van der Waals surface area contributed by atoms with Crippen molar-refractivity contribution in [1.82, 2.24) is 0 Å². The van der Waals surface area contributed by atoms with Crippen molar-refractivity contribution in [1.29, 1.82) is 0 Å². The third-order valence-corrected chi connectivity index (χ3v) is 2.92. The maximum Gasteiger partial charge on any atom is 0.0444 e. The van der Waals surface area contributed by atoms with Crippen LogP contribution in [0.15, 0.2) is 0 Å². The Morgan fingerprint density at radius 1 is 1.08 bits per heavy atom. The lowest BCUT2D eigenvalue weighted by molar-refractivity contribution is 0.267. The van der Waals surface area contributed by atoms with Crippen molar-refractivity contribution in [2.75, 3.05) is 6.61 Å². The summed E-state index contributed by atoms with van der Waals surface area (Å²) in [5.41, 5.74) is 0. The molecule has 0 radical (unpaired) electrons. The van der Waals surface area contributed by atoms with Crippen LogP contribution in [-0.4, -0.2) is 16.5 Å². The van der Waals surface area contributed by atoms with Crippen molar-refractivity contribution in [3.8, 4) is 0 Å². The molecule has 2 heteroatoms. The van der Waals surface area contributed by atoms with Crippen LogP contribution in [-0.2, 0) is 0 Å². The van der Waals surface area contributed by atoms with E-state index in [4.69, 9.17) is 5.11 Å². The van der Waals surface area contributed by atoms with Gasteiger partial charge in [0.15, 0.2) is 0 Å². The molecule has 80 valence electrons. The van der Waals surface area contributed by atoms with E-state index in [-0.39, 0.29) is 11.4 Å². The molecule has 0 aliphatic rings. The third-order valence-electron chi connectivity index (χ3n) is 2.47. The molecule has 0 saturated heterocycles. The van der Waals surface area contributed by atoms with Gasteiger partial charge in [-0.3, -0.25) is 0 Å². The molecule has 0 aromatic heterocycles. The van der Waals surface area contributed by atoms with Gasteiger partial charge >= 0.3 is 0 Å². The molecule has 1 N–H and O–H groups in total. The summed E-state index contributed by atoms with van der Waals surface area (Å²) in [5.74, 6) is 0. The van der Waals surface area contributed by atoms with Crippen LogP contribution in [0.3, 0.4) is 0 Å². The monoisotopic (exact) mass is 204 g/mol. The fourth-order valence-electron chi connectivity index (χ4n) is 1.48. The normalized spacial score (nSPS) is 15.7. The van der Waals surface area contributed by atoms with E-state index in [0.29, 0.717) is 0 Å². The van der Waals surface area contributed by atoms with Gasteiger partial charge in [0.25, 0.3) is 0 Å². The van der Waals surface area contributed by atoms with E-state index in [1.54, 1.807) is 0 Å². The van der Waals surface area contributed by atoms with Crippen molar-refractivity contribution >= 4 is 12.6 Å². The zero-order valence-corrected chi connectivity index (χ0v) is 9.95. The zero-order valence-electron chi connectivity index (χ0n) is 9.05. The summed E-state index contributed by atoms with van der Waals surface area (Å²) in [5, 5.41) is 8.79. The SMILES string of the molecule is CCCCCCCC(C)(S)CCO. The lowest BCUT2D eigenvalue weighted by Crippen LogP contribution is -2.18. The Morgan fingerprint density at radius 3 is 2.23 bits per heavy atom. The summed E-state index contributed by atoms with van der Waals surface area (Å²) in [7, 11) is 0. The Hall–Kier alpha value is 0.310. The van der Waals surface area contributed by atoms with Crippen LogP contribution in [0.4, 0.5) is 0 Å². The predicted octanol–water partition coefficient (Wildman–Crippen LogP) is 3.42. The number of hydrogen-bond donors (Lipinski definition) is 2. The molecule has 13 heavy (non-hydrogen) atoms. The van der Waals surface area contributed by atoms with Gasteiger partial charge in [0.1, 0.15) is 0 Å². The minimum atomic E-state index is 0.0426. The number of unbranched alkanes of at least 4 members (excludes halogenated alkanes) is 4. The Morgan fingerprint density at radius 2 is 1.69 bits per heavy atom. The topological polar surface area (TPSA) is 20.2 Å². The van der Waals surface area contributed by atoms with E-state index in [1.807, 2.05) is 0 Å². The first-order chi connectivity index (χ1) is 6.12. The highest BCUT2D eigenvalue weighted by Crippen LogP contribution is 2.25. The van der Waals surface area contributed by atoms with Crippen LogP contribution in [0.2, 0.25) is 0 Å². The standard InChI is InChI=1S/C11H24OS/c1-3-4-5-6-7-8-11(2,13)9-10-12/h12-13H,3-10H2,1-2H3. The van der Waals surface area contributed by atoms with Gasteiger partial charge in [-0.1, -0.05) is 46.0 Å². The zero-order chi connectivity index (χ0) is 10.2. The maximum atomic E-state index is 8.79. The molecule has 0 aromatic carbocycles. The molecule has 0 aliphatic carbocycles. The van der Waals surface area contributed by atoms with Crippen molar-refractivity contribution in [2.24, 2.45) is 0 Å². The van der Waals surface area contributed by atoms with E-state index in [0.717, 1.165) is 12.8 Å². The molecule has 0 aliphatic heterocycles. The van der Waals surface area contributed by atoms with Crippen LogP contribution >= 0.6 is 12.6 Å². The number of aliphatic hydroxyl groups excluding tert-OH is 1. The first-order valence-corrected chi connectivity index (χ1v) is 5.90. The van der Waals surface area contributed by atoms with Gasteiger partial charge in [0.05, 0.1) is 0 Å². The number of hydrogen-bond acceptors (Lipinski definition) is 2. The first kappa shape index (κ1) is 13.3. The Kier molecular flexibility index (Phi) is 7.87. The minimum Gasteiger partial charge on any atom is -0.396 e. The summed E-state index contributed by atoms with van der Waals surface area (Å²) < 4.78 is 0.0426. The molecule has 0 amide bonds. The second kappa shape index (κ2) is 7.69. The highest BCUT2D eigenvalue weighted by molar-refractivity contribution is 7.81. The number of rotatable bonds is 8. The second-order valence-electron chi connectivity index (χ2n) is 4.13. The maximum absolute atomic E-state index is 8.79. The van der Waals surface area contributed by atoms with Gasteiger partial charge in [0, 0.05) is 11.4 Å². The molecule has 0 fully saturated rings. The fraction of sp³-hybridized carbons (Fsp3) is 1.00. The summed E-state index contributed by atoms with van der Waals surface area (Å²) in [4.78, 5) is 0. The summed E-state index contributed by atoms with van der Waals surface area (Å²) in [6.07, 6.45) is 8.50. The van der Waals surface area contributed by atoms with Gasteiger partial charge in [-0.2, -0.15) is 12.6 Å². The van der Waals surface area contributed by atoms with E-state index in [2.05, 4.69) is 26.5 Å². The lowest BCUT2D eigenvalue weighted by atomic mass is 9.98. The van der Waals surface area contributed by atoms with Crippen molar-refractivity contribution < 1.29 is 5.11 Å². The fourth-order valence-corrected chi connectivity index (χ4v) is 1.73. The third kappa shape index (κ3) is 8.63. The smallest absolute Gasteiger partial charge is 0.0444 e. The van der Waals surface area contributed by atoms with Gasteiger partial charge in [-0.15, -0.1) is 0 Å². The van der Waals surface area contributed by atoms with E-state index in [1.165, 1.54) is 32.1 Å². The molecule has 0 rings (SSSR count). The molecule has 0 bridgehead atoms. The number of aliphatic hydroxyl groups is 1. The quantitative estimate of drug-likeness (QED) is 0.458. The summed E-state index contributed by atoms with van der Waals surface area (Å²) in [6.45, 7) is 4.61. The molecule has 0 heterocycles. The molecule has 0 spiro atoms. The molecule has 1 unspecified atom stereocenters. The van der Waals surface area contributed by atoms with Crippen molar-refractivity contribution in [2.45, 2.75) is 63.5 Å². The van der Waals surface area contributed by atoms with Gasteiger partial charge < -0.3 is 5.11 Å². The van der Waals surface area contributed by atoms with E-state index in [9.17, 15) is 0 Å². The molecular weight excluding hydrogens is 180 g/mol. The molecule has 1 atom stereocenters. The van der Waals surface area contributed by atoms with Gasteiger partial charge in [0.2, 0.25) is 0 Å². The van der Waals surface area contributed by atoms with Crippen LogP contribution in [0, 0.1) is 0 Å². The highest BCUT2D eigenvalue weighted by atomic mass is 32.1. The van der Waals surface area contributed by atoms with Gasteiger partial charge in [-0.25, -0.2) is 0 Å². The average molecular weight is 204 g/mol. The predicted molar refractivity (Wildman–Crippen MR) is 62.5 cm³/mol. The molecule has 0 saturated carbocycles. The van der Waals surface area contributed by atoms with Crippen LogP contribution in [0.5, 0.6) is 0 Å². The Balaban J connectivity index is 3.29. The average Bonchev–Trinajstić information content (AvgIpc) is 2.04. The second-order valence-corrected chi connectivity index (χ2v) is 5.21. The number of thiol groups is 1. The first-order valence-electron chi connectivity index (χ1n) is 5.45. The Bertz CT molecular complexity index is 113. The van der Waals surface area contributed by atoms with Crippen LogP contribution in [0.25, 0.3) is 0 Å². The van der Waals surface area contributed by atoms with E-state index >= 15 is 0 Å². The highest BCUT2D eigenvalue weighted by Gasteiger charge is 2.16. The largest absolute Gasteiger partial charge is 0.396 e. The molecular formula is C11H24OS. The van der Waals surface area contributed by atoms with Crippen LogP contribution in [0.1, 0.15) is 58.8 Å². The molecule has 1 nitrogen and oxygen atoms in total. The minimum absolute atomic E-state index is 0.0426.